The molecule has 0 atom stereocenters. The van der Waals surface area contributed by atoms with E-state index in [0.717, 1.165) is 0 Å². The molecule has 0 saturated heterocycles. The number of carbonyl (C=O) groups excluding carboxylic acids is 1. The predicted octanol–water partition coefficient (Wildman–Crippen LogP) is 2.31. The van der Waals surface area contributed by atoms with Crippen LogP contribution in [0.5, 0.6) is 0 Å². The first-order valence-electron chi connectivity index (χ1n) is 3.67. The van der Waals surface area contributed by atoms with Gasteiger partial charge < -0.3 is 5.11 Å². The third-order valence-corrected chi connectivity index (χ3v) is 2.08. The van der Waals surface area contributed by atoms with E-state index in [1.807, 2.05) is 0 Å². The van der Waals surface area contributed by atoms with Crippen LogP contribution in [0.25, 0.3) is 0 Å². The highest BCUT2D eigenvalue weighted by molar-refractivity contribution is 6.31. The SMILES string of the molecule is Cc1cc(C(=O)O)c(N=C=O)cc1Cl. The second kappa shape index (κ2) is 4.05. The predicted molar refractivity (Wildman–Crippen MR) is 50.9 cm³/mol. The molecular formula is C9H6ClNO3. The average molecular weight is 212 g/mol. The lowest BCUT2D eigenvalue weighted by Gasteiger charge is -2.02. The molecule has 0 spiro atoms. The largest absolute Gasteiger partial charge is 0.478 e. The molecule has 1 rings (SSSR count). The first-order chi connectivity index (χ1) is 6.56. The van der Waals surface area contributed by atoms with E-state index >= 15 is 0 Å². The number of aryl methyl sites for hydroxylation is 1. The maximum atomic E-state index is 10.7. The number of isocyanates is 1. The van der Waals surface area contributed by atoms with E-state index in [4.69, 9.17) is 16.7 Å². The fourth-order valence-corrected chi connectivity index (χ4v) is 1.14. The Morgan fingerprint density at radius 1 is 1.57 bits per heavy atom. The zero-order valence-corrected chi connectivity index (χ0v) is 8.00. The third-order valence-electron chi connectivity index (χ3n) is 1.67. The fourth-order valence-electron chi connectivity index (χ4n) is 0.984. The van der Waals surface area contributed by atoms with E-state index < -0.39 is 5.97 Å². The molecule has 72 valence electrons. The summed E-state index contributed by atoms with van der Waals surface area (Å²) in [5.74, 6) is -1.15. The Hall–Kier alpha value is -1.64. The van der Waals surface area contributed by atoms with Gasteiger partial charge >= 0.3 is 5.97 Å². The van der Waals surface area contributed by atoms with E-state index in [1.165, 1.54) is 18.2 Å². The molecule has 1 aromatic rings. The molecule has 0 radical (unpaired) electrons. The second-order valence-electron chi connectivity index (χ2n) is 2.63. The summed E-state index contributed by atoms with van der Waals surface area (Å²) in [7, 11) is 0. The summed E-state index contributed by atoms with van der Waals surface area (Å²) in [6, 6.07) is 2.69. The normalized spacial score (nSPS) is 9.29. The number of carboxylic acid groups (broad SMARTS) is 1. The van der Waals surface area contributed by atoms with Crippen LogP contribution in [-0.4, -0.2) is 17.2 Å². The molecule has 0 amide bonds. The molecule has 0 fully saturated rings. The monoisotopic (exact) mass is 211 g/mol. The molecule has 0 aliphatic rings. The number of rotatable bonds is 2. The van der Waals surface area contributed by atoms with Crippen LogP contribution in [0.15, 0.2) is 17.1 Å². The van der Waals surface area contributed by atoms with Crippen molar-refractivity contribution in [2.24, 2.45) is 4.99 Å². The van der Waals surface area contributed by atoms with Crippen molar-refractivity contribution in [3.8, 4) is 0 Å². The number of carbonyl (C=O) groups is 1. The van der Waals surface area contributed by atoms with Gasteiger partial charge in [0, 0.05) is 5.02 Å². The van der Waals surface area contributed by atoms with Gasteiger partial charge in [-0.3, -0.25) is 0 Å². The summed E-state index contributed by atoms with van der Waals surface area (Å²) in [4.78, 5) is 24.0. The molecule has 5 heteroatoms. The molecule has 4 nitrogen and oxygen atoms in total. The Kier molecular flexibility index (Phi) is 3.02. The quantitative estimate of drug-likeness (QED) is 0.603. The number of nitrogens with zero attached hydrogens (tertiary/aromatic N) is 1. The van der Waals surface area contributed by atoms with Crippen molar-refractivity contribution in [2.45, 2.75) is 6.92 Å². The minimum atomic E-state index is -1.15. The van der Waals surface area contributed by atoms with Gasteiger partial charge in [0.2, 0.25) is 6.08 Å². The van der Waals surface area contributed by atoms with Crippen molar-refractivity contribution in [2.75, 3.05) is 0 Å². The Bertz CT molecular complexity index is 409. The first-order valence-corrected chi connectivity index (χ1v) is 4.05. The minimum absolute atomic E-state index is 0.0168. The van der Waals surface area contributed by atoms with Crippen molar-refractivity contribution in [3.05, 3.63) is 28.3 Å². The highest BCUT2D eigenvalue weighted by Gasteiger charge is 2.11. The summed E-state index contributed by atoms with van der Waals surface area (Å²) in [5, 5.41) is 9.14. The van der Waals surface area contributed by atoms with Gasteiger partial charge in [0.1, 0.15) is 0 Å². The van der Waals surface area contributed by atoms with Gasteiger partial charge in [-0.15, -0.1) is 0 Å². The lowest BCUT2D eigenvalue weighted by atomic mass is 10.1. The average Bonchev–Trinajstić information content (AvgIpc) is 2.11. The highest BCUT2D eigenvalue weighted by atomic mass is 35.5. The molecule has 0 aliphatic heterocycles. The summed E-state index contributed by atoms with van der Waals surface area (Å²) >= 11 is 5.74. The number of aliphatic imine (C=N–C) groups is 1. The molecule has 0 bridgehead atoms. The van der Waals surface area contributed by atoms with Crippen LogP contribution in [0.4, 0.5) is 5.69 Å². The number of halogens is 1. The molecule has 0 aliphatic carbocycles. The van der Waals surface area contributed by atoms with E-state index in [9.17, 15) is 9.59 Å². The van der Waals surface area contributed by atoms with Crippen LogP contribution >= 0.6 is 11.6 Å². The molecule has 1 aromatic carbocycles. The van der Waals surface area contributed by atoms with Gasteiger partial charge in [0.15, 0.2) is 0 Å². The third kappa shape index (κ3) is 1.99. The van der Waals surface area contributed by atoms with Crippen molar-refractivity contribution in [1.29, 1.82) is 0 Å². The molecule has 0 aromatic heterocycles. The van der Waals surface area contributed by atoms with E-state index in [-0.39, 0.29) is 11.3 Å². The summed E-state index contributed by atoms with van der Waals surface area (Å²) in [6.07, 6.45) is 1.28. The van der Waals surface area contributed by atoms with Crippen molar-refractivity contribution in [3.63, 3.8) is 0 Å². The lowest BCUT2D eigenvalue weighted by molar-refractivity contribution is 0.0698. The smallest absolute Gasteiger partial charge is 0.337 e. The van der Waals surface area contributed by atoms with Gasteiger partial charge in [-0.1, -0.05) is 11.6 Å². The maximum absolute atomic E-state index is 10.7. The van der Waals surface area contributed by atoms with Gasteiger partial charge in [0.25, 0.3) is 0 Å². The zero-order chi connectivity index (χ0) is 10.7. The number of aromatic carboxylic acids is 1. The van der Waals surface area contributed by atoms with Crippen molar-refractivity contribution in [1.82, 2.24) is 0 Å². The summed E-state index contributed by atoms with van der Waals surface area (Å²) in [6.45, 7) is 1.67. The van der Waals surface area contributed by atoms with Crippen LogP contribution in [0.1, 0.15) is 15.9 Å². The number of hydrogen-bond acceptors (Lipinski definition) is 3. The summed E-state index contributed by atoms with van der Waals surface area (Å²) < 4.78 is 0. The Balaban J connectivity index is 3.45. The van der Waals surface area contributed by atoms with Crippen LogP contribution in [0, 0.1) is 6.92 Å². The fraction of sp³-hybridized carbons (Fsp3) is 0.111. The van der Waals surface area contributed by atoms with E-state index in [1.54, 1.807) is 6.92 Å². The van der Waals surface area contributed by atoms with Crippen molar-refractivity contribution >= 4 is 29.3 Å². The first kappa shape index (κ1) is 10.4. The molecule has 1 N–H and O–H groups in total. The highest BCUT2D eigenvalue weighted by Crippen LogP contribution is 2.26. The topological polar surface area (TPSA) is 66.7 Å². The molecular weight excluding hydrogens is 206 g/mol. The number of hydrogen-bond donors (Lipinski definition) is 1. The lowest BCUT2D eigenvalue weighted by Crippen LogP contribution is -1.97. The Morgan fingerprint density at radius 2 is 2.21 bits per heavy atom. The Labute approximate surface area is 84.8 Å². The van der Waals surface area contributed by atoms with Crippen LogP contribution < -0.4 is 0 Å². The Morgan fingerprint density at radius 3 is 2.71 bits per heavy atom. The maximum Gasteiger partial charge on any atom is 0.337 e. The molecule has 0 saturated carbocycles. The van der Waals surface area contributed by atoms with Gasteiger partial charge in [0.05, 0.1) is 11.3 Å². The molecule has 0 heterocycles. The zero-order valence-electron chi connectivity index (χ0n) is 7.24. The van der Waals surface area contributed by atoms with Crippen LogP contribution in [0.3, 0.4) is 0 Å². The molecule has 0 unspecified atom stereocenters. The van der Waals surface area contributed by atoms with Crippen LogP contribution in [0.2, 0.25) is 5.02 Å². The standard InChI is InChI=1S/C9H6ClNO3/c1-5-2-6(9(13)14)8(11-4-12)3-7(5)10/h2-3H,1H3,(H,13,14). The molecule has 14 heavy (non-hydrogen) atoms. The van der Waals surface area contributed by atoms with Crippen molar-refractivity contribution < 1.29 is 14.7 Å². The van der Waals surface area contributed by atoms with E-state index in [2.05, 4.69) is 4.99 Å². The van der Waals surface area contributed by atoms with Gasteiger partial charge in [-0.05, 0) is 24.6 Å². The van der Waals surface area contributed by atoms with Crippen LogP contribution in [-0.2, 0) is 4.79 Å². The van der Waals surface area contributed by atoms with E-state index in [0.29, 0.717) is 10.6 Å². The second-order valence-corrected chi connectivity index (χ2v) is 3.03. The van der Waals surface area contributed by atoms with Gasteiger partial charge in [-0.25, -0.2) is 9.59 Å². The van der Waals surface area contributed by atoms with Gasteiger partial charge in [-0.2, -0.15) is 4.99 Å². The number of benzene rings is 1. The summed E-state index contributed by atoms with van der Waals surface area (Å²) in [5.41, 5.74) is 0.576. The number of carboxylic acids is 1. The minimum Gasteiger partial charge on any atom is -0.478 e.